The first-order valence-corrected chi connectivity index (χ1v) is 9.21. The van der Waals surface area contributed by atoms with E-state index >= 15 is 0 Å². The zero-order valence-electron chi connectivity index (χ0n) is 12.1. The van der Waals surface area contributed by atoms with E-state index in [0.29, 0.717) is 17.3 Å². The van der Waals surface area contributed by atoms with E-state index in [1.54, 1.807) is 6.92 Å². The summed E-state index contributed by atoms with van der Waals surface area (Å²) in [5.41, 5.74) is 0. The minimum Gasteiger partial charge on any atom is -0.466 e. The lowest BCUT2D eigenvalue weighted by atomic mass is 10.0. The Morgan fingerprint density at radius 2 is 2.23 bits per heavy atom. The largest absolute Gasteiger partial charge is 0.466 e. The maximum Gasteiger partial charge on any atom is 0.310 e. The quantitative estimate of drug-likeness (QED) is 0.737. The zero-order valence-corrected chi connectivity index (χ0v) is 14.5. The number of hydrogen-bond acceptors (Lipinski definition) is 4. The van der Waals surface area contributed by atoms with E-state index in [0.717, 1.165) is 10.4 Å². The van der Waals surface area contributed by atoms with E-state index in [4.69, 9.17) is 4.74 Å². The summed E-state index contributed by atoms with van der Waals surface area (Å²) >= 11 is 3.14. The Kier molecular flexibility index (Phi) is 5.57. The van der Waals surface area contributed by atoms with Gasteiger partial charge in [-0.25, -0.2) is 12.8 Å². The van der Waals surface area contributed by atoms with Gasteiger partial charge in [0.1, 0.15) is 10.7 Å². The van der Waals surface area contributed by atoms with E-state index in [1.807, 2.05) is 0 Å². The predicted octanol–water partition coefficient (Wildman–Crippen LogP) is 2.55. The Balaban J connectivity index is 2.25. The van der Waals surface area contributed by atoms with Gasteiger partial charge in [0.2, 0.25) is 10.0 Å². The fourth-order valence-electron chi connectivity index (χ4n) is 2.43. The molecule has 1 heterocycles. The SMILES string of the molecule is CCOC(=O)C1CCCN(S(=O)(=O)c2cc(Br)ccc2F)C1. The van der Waals surface area contributed by atoms with Crippen LogP contribution in [-0.2, 0) is 19.6 Å². The Labute approximate surface area is 137 Å². The van der Waals surface area contributed by atoms with Crippen LogP contribution in [0.15, 0.2) is 27.6 Å². The predicted molar refractivity (Wildman–Crippen MR) is 82.2 cm³/mol. The molecule has 0 saturated carbocycles. The monoisotopic (exact) mass is 393 g/mol. The van der Waals surface area contributed by atoms with Gasteiger partial charge in [0, 0.05) is 17.6 Å². The fraction of sp³-hybridized carbons (Fsp3) is 0.500. The Morgan fingerprint density at radius 1 is 1.50 bits per heavy atom. The van der Waals surface area contributed by atoms with Crippen molar-refractivity contribution in [1.29, 1.82) is 0 Å². The lowest BCUT2D eigenvalue weighted by Gasteiger charge is -2.30. The number of piperidine rings is 1. The maximum atomic E-state index is 13.9. The highest BCUT2D eigenvalue weighted by molar-refractivity contribution is 9.10. The van der Waals surface area contributed by atoms with Crippen molar-refractivity contribution in [3.05, 3.63) is 28.5 Å². The molecular formula is C14H17BrFNO4S. The van der Waals surface area contributed by atoms with Crippen LogP contribution in [0.5, 0.6) is 0 Å². The molecule has 1 aromatic carbocycles. The van der Waals surface area contributed by atoms with Gasteiger partial charge in [0.25, 0.3) is 0 Å². The van der Waals surface area contributed by atoms with Crippen LogP contribution >= 0.6 is 15.9 Å². The van der Waals surface area contributed by atoms with Crippen LogP contribution in [0.4, 0.5) is 4.39 Å². The summed E-state index contributed by atoms with van der Waals surface area (Å²) in [5.74, 6) is -1.71. The Morgan fingerprint density at radius 3 is 2.91 bits per heavy atom. The van der Waals surface area contributed by atoms with Gasteiger partial charge in [-0.15, -0.1) is 0 Å². The van der Waals surface area contributed by atoms with Gasteiger partial charge in [-0.05, 0) is 38.0 Å². The minimum absolute atomic E-state index is 0.0210. The number of halogens is 2. The molecular weight excluding hydrogens is 377 g/mol. The van der Waals surface area contributed by atoms with Crippen LogP contribution in [0.1, 0.15) is 19.8 Å². The van der Waals surface area contributed by atoms with E-state index in [-0.39, 0.29) is 24.6 Å². The first-order chi connectivity index (χ1) is 10.4. The lowest BCUT2D eigenvalue weighted by molar-refractivity contribution is -0.149. The maximum absolute atomic E-state index is 13.9. The first-order valence-electron chi connectivity index (χ1n) is 6.98. The van der Waals surface area contributed by atoms with Crippen molar-refractivity contribution < 1.29 is 22.3 Å². The number of carbonyl (C=O) groups excluding carboxylic acids is 1. The van der Waals surface area contributed by atoms with Gasteiger partial charge < -0.3 is 4.74 Å². The topological polar surface area (TPSA) is 63.7 Å². The molecule has 0 N–H and O–H groups in total. The van der Waals surface area contributed by atoms with Crippen LogP contribution in [0.25, 0.3) is 0 Å². The molecule has 1 unspecified atom stereocenters. The summed E-state index contributed by atoms with van der Waals surface area (Å²) in [5, 5.41) is 0. The van der Waals surface area contributed by atoms with E-state index in [1.165, 1.54) is 12.1 Å². The third-order valence-electron chi connectivity index (χ3n) is 3.52. The normalized spacial score (nSPS) is 19.9. The van der Waals surface area contributed by atoms with Gasteiger partial charge in [-0.2, -0.15) is 4.31 Å². The smallest absolute Gasteiger partial charge is 0.310 e. The third kappa shape index (κ3) is 3.67. The van der Waals surface area contributed by atoms with Gasteiger partial charge in [-0.3, -0.25) is 4.79 Å². The highest BCUT2D eigenvalue weighted by atomic mass is 79.9. The standard InChI is InChI=1S/C14H17BrFNO4S/c1-2-21-14(18)10-4-3-7-17(9-10)22(19,20)13-8-11(15)5-6-12(13)16/h5-6,8,10H,2-4,7,9H2,1H3. The molecule has 0 aromatic heterocycles. The summed E-state index contributed by atoms with van der Waals surface area (Å²) in [6.07, 6.45) is 1.12. The van der Waals surface area contributed by atoms with Crippen LogP contribution in [0.2, 0.25) is 0 Å². The summed E-state index contributed by atoms with van der Waals surface area (Å²) in [4.78, 5) is 11.4. The fourth-order valence-corrected chi connectivity index (χ4v) is 4.55. The van der Waals surface area contributed by atoms with Crippen molar-refractivity contribution in [1.82, 2.24) is 4.31 Å². The van der Waals surface area contributed by atoms with Crippen molar-refractivity contribution in [2.45, 2.75) is 24.7 Å². The highest BCUT2D eigenvalue weighted by Gasteiger charge is 2.35. The number of nitrogens with zero attached hydrogens (tertiary/aromatic N) is 1. The first kappa shape index (κ1) is 17.4. The van der Waals surface area contributed by atoms with Crippen LogP contribution in [-0.4, -0.2) is 38.4 Å². The molecule has 0 radical (unpaired) electrons. The number of sulfonamides is 1. The Bertz CT molecular complexity index is 665. The molecule has 122 valence electrons. The molecule has 1 aromatic rings. The summed E-state index contributed by atoms with van der Waals surface area (Å²) < 4.78 is 45.7. The number of ether oxygens (including phenoxy) is 1. The van der Waals surface area contributed by atoms with Gasteiger partial charge in [0.05, 0.1) is 12.5 Å². The third-order valence-corrected chi connectivity index (χ3v) is 5.89. The molecule has 5 nitrogen and oxygen atoms in total. The number of hydrogen-bond donors (Lipinski definition) is 0. The van der Waals surface area contributed by atoms with E-state index in [2.05, 4.69) is 15.9 Å². The summed E-state index contributed by atoms with van der Waals surface area (Å²) in [6, 6.07) is 3.77. The minimum atomic E-state index is -3.98. The second-order valence-electron chi connectivity index (χ2n) is 5.03. The lowest BCUT2D eigenvalue weighted by Crippen LogP contribution is -2.43. The van der Waals surface area contributed by atoms with Crippen molar-refractivity contribution >= 4 is 31.9 Å². The van der Waals surface area contributed by atoms with Gasteiger partial charge in [-0.1, -0.05) is 15.9 Å². The average Bonchev–Trinajstić information content (AvgIpc) is 2.50. The van der Waals surface area contributed by atoms with Crippen LogP contribution in [0.3, 0.4) is 0 Å². The van der Waals surface area contributed by atoms with Crippen LogP contribution < -0.4 is 0 Å². The van der Waals surface area contributed by atoms with Crippen molar-refractivity contribution in [2.24, 2.45) is 5.92 Å². The van der Waals surface area contributed by atoms with Gasteiger partial charge >= 0.3 is 5.97 Å². The summed E-state index contributed by atoms with van der Waals surface area (Å²) in [6.45, 7) is 2.24. The van der Waals surface area contributed by atoms with E-state index in [9.17, 15) is 17.6 Å². The molecule has 1 aliphatic heterocycles. The number of esters is 1. The second kappa shape index (κ2) is 7.06. The molecule has 1 saturated heterocycles. The van der Waals surface area contributed by atoms with Crippen molar-refractivity contribution in [3.63, 3.8) is 0 Å². The van der Waals surface area contributed by atoms with Crippen LogP contribution in [0, 0.1) is 11.7 Å². The molecule has 0 spiro atoms. The van der Waals surface area contributed by atoms with Gasteiger partial charge in [0.15, 0.2) is 0 Å². The summed E-state index contributed by atoms with van der Waals surface area (Å²) in [7, 11) is -3.98. The molecule has 8 heteroatoms. The van der Waals surface area contributed by atoms with Crippen molar-refractivity contribution in [2.75, 3.05) is 19.7 Å². The molecule has 1 fully saturated rings. The molecule has 22 heavy (non-hydrogen) atoms. The molecule has 1 atom stereocenters. The number of carbonyl (C=O) groups is 1. The van der Waals surface area contributed by atoms with Crippen molar-refractivity contribution in [3.8, 4) is 0 Å². The average molecular weight is 394 g/mol. The molecule has 0 amide bonds. The molecule has 0 aliphatic carbocycles. The highest BCUT2D eigenvalue weighted by Crippen LogP contribution is 2.27. The number of rotatable bonds is 4. The Hall–Kier alpha value is -0.990. The molecule has 2 rings (SSSR count). The van der Waals surface area contributed by atoms with E-state index < -0.39 is 27.7 Å². The number of benzene rings is 1. The molecule has 0 bridgehead atoms. The second-order valence-corrected chi connectivity index (χ2v) is 7.85. The molecule has 1 aliphatic rings. The zero-order chi connectivity index (χ0) is 16.3.